The summed E-state index contributed by atoms with van der Waals surface area (Å²) in [5.41, 5.74) is 1.11. The number of β-amino-alcohol motifs (C(OH)–C–C–N with tert-alkyl or cyclic N) is 1. The zero-order chi connectivity index (χ0) is 21.4. The number of phenolic OH excluding ortho intramolecular Hbond substituents is 1. The van der Waals surface area contributed by atoms with Crippen LogP contribution in [0.3, 0.4) is 0 Å². The van der Waals surface area contributed by atoms with Gasteiger partial charge < -0.3 is 15.3 Å². The number of aliphatic hydroxyl groups is 1. The maximum Gasteiger partial charge on any atom is 0.167 e. The molecule has 0 spiro atoms. The summed E-state index contributed by atoms with van der Waals surface area (Å²) in [6, 6.07) is 7.80. The number of rotatable bonds is 3. The fraction of sp³-hybridized carbons (Fsp3) is 0.522. The highest BCUT2D eigenvalue weighted by molar-refractivity contribution is 5.28. The molecule has 2 aliphatic rings. The van der Waals surface area contributed by atoms with Crippen molar-refractivity contribution in [3.8, 4) is 11.5 Å². The predicted octanol–water partition coefficient (Wildman–Crippen LogP) is 4.42. The van der Waals surface area contributed by atoms with Crippen molar-refractivity contribution in [1.29, 1.82) is 0 Å². The van der Waals surface area contributed by atoms with Crippen molar-refractivity contribution in [2.24, 2.45) is 11.8 Å². The van der Waals surface area contributed by atoms with E-state index >= 15 is 0 Å². The number of halogens is 1. The number of fused-ring (bicyclic) bond motifs is 1. The van der Waals surface area contributed by atoms with Crippen molar-refractivity contribution in [2.45, 2.75) is 46.1 Å². The number of nitrogens with zero attached hydrogens (tertiary/aromatic N) is 2. The van der Waals surface area contributed by atoms with E-state index < -0.39 is 11.9 Å². The van der Waals surface area contributed by atoms with E-state index in [2.05, 4.69) is 9.88 Å². The second kappa shape index (κ2) is 11.1. The zero-order valence-electron chi connectivity index (χ0n) is 17.6. The molecule has 0 radical (unpaired) electrons. The van der Waals surface area contributed by atoms with Gasteiger partial charge in [0.25, 0.3) is 0 Å². The lowest BCUT2D eigenvalue weighted by Gasteiger charge is -2.20. The molecular formula is C23H33FN2O3. The molecule has 0 bridgehead atoms. The number of aliphatic hydroxyl groups excluding tert-OH is 1. The van der Waals surface area contributed by atoms with Crippen LogP contribution in [-0.2, 0) is 0 Å². The summed E-state index contributed by atoms with van der Waals surface area (Å²) in [5, 5.41) is 28.1. The molecule has 29 heavy (non-hydrogen) atoms. The smallest absolute Gasteiger partial charge is 0.167 e. The summed E-state index contributed by atoms with van der Waals surface area (Å²) in [7, 11) is 0. The molecule has 3 N–H and O–H groups in total. The molecule has 1 aliphatic heterocycles. The van der Waals surface area contributed by atoms with Gasteiger partial charge in [-0.2, -0.15) is 0 Å². The molecular weight excluding hydrogens is 371 g/mol. The van der Waals surface area contributed by atoms with E-state index in [1.54, 1.807) is 31.2 Å². The van der Waals surface area contributed by atoms with Gasteiger partial charge in [-0.05, 0) is 55.4 Å². The van der Waals surface area contributed by atoms with E-state index in [0.717, 1.165) is 24.9 Å². The molecule has 5 nitrogen and oxygen atoms in total. The van der Waals surface area contributed by atoms with Gasteiger partial charge in [0.1, 0.15) is 11.9 Å². The quantitative estimate of drug-likeness (QED) is 0.706. The van der Waals surface area contributed by atoms with Gasteiger partial charge in [-0.1, -0.05) is 32.4 Å². The first kappa shape index (κ1) is 23.1. The molecule has 0 amide bonds. The molecule has 1 aliphatic carbocycles. The minimum absolute atomic E-state index is 0.140. The standard InChI is InChI=1S/C14H20N2O2.C7H7FO.C2H6/c17-12-4-5-13(15-6-12)14(18)9-16-7-10-2-1-3-11(10)8-16;1-5-3-2-4-6(9)7(5)8;1-2/h4-6,10-11,14,17-18H,1-3,7-9H2;2-4,9H,1H3;1-2H3/t10-,11+,14?;;. The number of aryl methyl sites for hydroxylation is 1. The van der Waals surface area contributed by atoms with Crippen molar-refractivity contribution in [3.05, 3.63) is 53.6 Å². The normalized spacial score (nSPS) is 21.4. The van der Waals surface area contributed by atoms with E-state index in [0.29, 0.717) is 17.8 Å². The molecule has 1 aromatic carbocycles. The number of hydrogen-bond donors (Lipinski definition) is 3. The largest absolute Gasteiger partial charge is 0.506 e. The topological polar surface area (TPSA) is 76.8 Å². The van der Waals surface area contributed by atoms with Gasteiger partial charge in [0.2, 0.25) is 0 Å². The Morgan fingerprint density at radius 3 is 2.28 bits per heavy atom. The lowest BCUT2D eigenvalue weighted by Crippen LogP contribution is -2.27. The Bertz CT molecular complexity index is 722. The second-order valence-corrected chi connectivity index (χ2v) is 7.53. The Balaban J connectivity index is 0.000000231. The Morgan fingerprint density at radius 2 is 1.76 bits per heavy atom. The lowest BCUT2D eigenvalue weighted by molar-refractivity contribution is 0.118. The van der Waals surface area contributed by atoms with Gasteiger partial charge in [-0.15, -0.1) is 0 Å². The first-order chi connectivity index (χ1) is 13.9. The van der Waals surface area contributed by atoms with Gasteiger partial charge in [0, 0.05) is 19.6 Å². The lowest BCUT2D eigenvalue weighted by atomic mass is 10.0. The monoisotopic (exact) mass is 404 g/mol. The molecule has 1 saturated carbocycles. The molecule has 1 aromatic heterocycles. The maximum atomic E-state index is 12.5. The van der Waals surface area contributed by atoms with E-state index in [4.69, 9.17) is 5.11 Å². The van der Waals surface area contributed by atoms with Gasteiger partial charge in [-0.3, -0.25) is 9.88 Å². The molecule has 1 unspecified atom stereocenters. The summed E-state index contributed by atoms with van der Waals surface area (Å²) in [5.74, 6) is 1.03. The zero-order valence-corrected chi connectivity index (χ0v) is 17.6. The Kier molecular flexibility index (Phi) is 8.86. The number of phenols is 1. The third kappa shape index (κ3) is 6.41. The first-order valence-electron chi connectivity index (χ1n) is 10.4. The van der Waals surface area contributed by atoms with Crippen molar-refractivity contribution in [2.75, 3.05) is 19.6 Å². The van der Waals surface area contributed by atoms with E-state index in [1.807, 2.05) is 13.8 Å². The average Bonchev–Trinajstić information content (AvgIpc) is 3.30. The van der Waals surface area contributed by atoms with Crippen LogP contribution in [-0.4, -0.2) is 44.8 Å². The van der Waals surface area contributed by atoms with Crippen LogP contribution in [0.5, 0.6) is 11.5 Å². The number of aromatic nitrogens is 1. The average molecular weight is 405 g/mol. The van der Waals surface area contributed by atoms with Crippen LogP contribution < -0.4 is 0 Å². The molecule has 3 atom stereocenters. The van der Waals surface area contributed by atoms with Crippen LogP contribution in [0.1, 0.15) is 50.5 Å². The number of likely N-dealkylation sites (tertiary alicyclic amines) is 1. The third-order valence-electron chi connectivity index (χ3n) is 5.52. The highest BCUT2D eigenvalue weighted by Crippen LogP contribution is 2.38. The second-order valence-electron chi connectivity index (χ2n) is 7.53. The number of aromatic hydroxyl groups is 2. The Morgan fingerprint density at radius 1 is 1.10 bits per heavy atom. The molecule has 4 rings (SSSR count). The molecule has 160 valence electrons. The van der Waals surface area contributed by atoms with Crippen molar-refractivity contribution < 1.29 is 19.7 Å². The number of benzene rings is 1. The Hall–Kier alpha value is -2.18. The predicted molar refractivity (Wildman–Crippen MR) is 112 cm³/mol. The molecule has 2 heterocycles. The summed E-state index contributed by atoms with van der Waals surface area (Å²) in [6.45, 7) is 8.51. The fourth-order valence-corrected chi connectivity index (χ4v) is 4.05. The molecule has 1 saturated heterocycles. The van der Waals surface area contributed by atoms with Gasteiger partial charge in [-0.25, -0.2) is 4.39 Å². The molecule has 6 heteroatoms. The minimum Gasteiger partial charge on any atom is -0.506 e. The summed E-state index contributed by atoms with van der Waals surface area (Å²) in [6.07, 6.45) is 4.93. The number of hydrogen-bond acceptors (Lipinski definition) is 5. The first-order valence-corrected chi connectivity index (χ1v) is 10.4. The SMILES string of the molecule is CC.Cc1cccc(O)c1F.Oc1ccc(C(O)CN2C[C@H]3CCC[C@H]3C2)nc1. The maximum absolute atomic E-state index is 12.5. The molecule has 2 aromatic rings. The summed E-state index contributed by atoms with van der Waals surface area (Å²) >= 11 is 0. The van der Waals surface area contributed by atoms with Crippen LogP contribution in [0, 0.1) is 24.6 Å². The Labute approximate surface area is 172 Å². The minimum atomic E-state index is -0.551. The van der Waals surface area contributed by atoms with E-state index in [-0.39, 0.29) is 11.5 Å². The van der Waals surface area contributed by atoms with E-state index in [9.17, 15) is 14.6 Å². The fourth-order valence-electron chi connectivity index (χ4n) is 4.05. The van der Waals surface area contributed by atoms with Gasteiger partial charge in [0.15, 0.2) is 11.6 Å². The van der Waals surface area contributed by atoms with Crippen LogP contribution in [0.4, 0.5) is 4.39 Å². The van der Waals surface area contributed by atoms with Crippen molar-refractivity contribution in [3.63, 3.8) is 0 Å². The highest BCUT2D eigenvalue weighted by atomic mass is 19.1. The van der Waals surface area contributed by atoms with Crippen molar-refractivity contribution in [1.82, 2.24) is 9.88 Å². The third-order valence-corrected chi connectivity index (χ3v) is 5.52. The summed E-state index contributed by atoms with van der Waals surface area (Å²) < 4.78 is 12.5. The molecule has 2 fully saturated rings. The van der Waals surface area contributed by atoms with Crippen LogP contribution in [0.25, 0.3) is 0 Å². The summed E-state index contributed by atoms with van der Waals surface area (Å²) in [4.78, 5) is 6.42. The van der Waals surface area contributed by atoms with Crippen LogP contribution >= 0.6 is 0 Å². The van der Waals surface area contributed by atoms with Gasteiger partial charge >= 0.3 is 0 Å². The van der Waals surface area contributed by atoms with Crippen LogP contribution in [0.2, 0.25) is 0 Å². The van der Waals surface area contributed by atoms with E-state index in [1.165, 1.54) is 31.5 Å². The number of pyridine rings is 1. The van der Waals surface area contributed by atoms with Crippen molar-refractivity contribution >= 4 is 0 Å². The van der Waals surface area contributed by atoms with Crippen LogP contribution in [0.15, 0.2) is 36.5 Å². The highest BCUT2D eigenvalue weighted by Gasteiger charge is 2.36. The van der Waals surface area contributed by atoms with Gasteiger partial charge in [0.05, 0.1) is 11.9 Å².